The van der Waals surface area contributed by atoms with Crippen LogP contribution in [0.25, 0.3) is 0 Å². The van der Waals surface area contributed by atoms with Gasteiger partial charge in [-0.05, 0) is 30.2 Å². The summed E-state index contributed by atoms with van der Waals surface area (Å²) in [5, 5.41) is 12.8. The molecule has 2 N–H and O–H groups in total. The van der Waals surface area contributed by atoms with E-state index in [-0.39, 0.29) is 13.0 Å². The van der Waals surface area contributed by atoms with Crippen LogP contribution in [0.4, 0.5) is 13.2 Å². The van der Waals surface area contributed by atoms with E-state index in [9.17, 15) is 18.3 Å². The number of alkyl halides is 3. The van der Waals surface area contributed by atoms with Gasteiger partial charge in [0, 0.05) is 29.5 Å². The van der Waals surface area contributed by atoms with Gasteiger partial charge in [-0.1, -0.05) is 29.8 Å². The zero-order chi connectivity index (χ0) is 16.9. The van der Waals surface area contributed by atoms with Crippen LogP contribution in [-0.2, 0) is 6.42 Å². The van der Waals surface area contributed by atoms with Crippen molar-refractivity contribution < 1.29 is 18.3 Å². The minimum Gasteiger partial charge on any atom is -0.387 e. The smallest absolute Gasteiger partial charge is 0.387 e. The van der Waals surface area contributed by atoms with Crippen LogP contribution in [0.1, 0.15) is 17.2 Å². The Labute approximate surface area is 137 Å². The Morgan fingerprint density at radius 1 is 1.13 bits per heavy atom. The lowest BCUT2D eigenvalue weighted by Crippen LogP contribution is -2.45. The van der Waals surface area contributed by atoms with Crippen molar-refractivity contribution in [3.8, 4) is 0 Å². The van der Waals surface area contributed by atoms with Crippen molar-refractivity contribution in [2.45, 2.75) is 24.7 Å². The summed E-state index contributed by atoms with van der Waals surface area (Å²) in [6.45, 7) is -0.251. The molecule has 2 unspecified atom stereocenters. The molecule has 0 amide bonds. The molecule has 1 aromatic heterocycles. The van der Waals surface area contributed by atoms with Gasteiger partial charge >= 0.3 is 6.18 Å². The first kappa shape index (κ1) is 17.7. The summed E-state index contributed by atoms with van der Waals surface area (Å²) in [6.07, 6.45) is -2.89. The van der Waals surface area contributed by atoms with Crippen molar-refractivity contribution in [2.24, 2.45) is 0 Å². The lowest BCUT2D eigenvalue weighted by molar-refractivity contribution is -0.156. The van der Waals surface area contributed by atoms with Gasteiger partial charge in [-0.2, -0.15) is 13.2 Å². The average molecular weight is 345 g/mol. The number of aromatic nitrogens is 1. The summed E-state index contributed by atoms with van der Waals surface area (Å²) < 4.78 is 39.5. The number of benzene rings is 1. The fourth-order valence-electron chi connectivity index (χ4n) is 2.17. The lowest BCUT2D eigenvalue weighted by atomic mass is 10.1. The van der Waals surface area contributed by atoms with Gasteiger partial charge in [-0.25, -0.2) is 0 Å². The fraction of sp³-hybridized carbons (Fsp3) is 0.312. The van der Waals surface area contributed by atoms with Crippen LogP contribution in [0, 0.1) is 0 Å². The van der Waals surface area contributed by atoms with E-state index in [2.05, 4.69) is 10.3 Å². The molecule has 0 bridgehead atoms. The maximum absolute atomic E-state index is 13.2. The molecule has 1 aromatic carbocycles. The largest absolute Gasteiger partial charge is 0.404 e. The average Bonchev–Trinajstić information content (AvgIpc) is 2.51. The van der Waals surface area contributed by atoms with Crippen molar-refractivity contribution >= 4 is 11.6 Å². The summed E-state index contributed by atoms with van der Waals surface area (Å²) in [7, 11) is 0. The number of pyridine rings is 1. The second-order valence-corrected chi connectivity index (χ2v) is 5.51. The van der Waals surface area contributed by atoms with Crippen LogP contribution in [0.3, 0.4) is 0 Å². The predicted molar refractivity (Wildman–Crippen MR) is 82.2 cm³/mol. The Morgan fingerprint density at radius 3 is 2.39 bits per heavy atom. The minimum atomic E-state index is -4.43. The van der Waals surface area contributed by atoms with Crippen molar-refractivity contribution in [1.82, 2.24) is 10.3 Å². The Morgan fingerprint density at radius 2 is 1.78 bits per heavy atom. The molecule has 3 nitrogen and oxygen atoms in total. The highest BCUT2D eigenvalue weighted by atomic mass is 35.5. The molecule has 124 valence electrons. The molecule has 2 rings (SSSR count). The van der Waals surface area contributed by atoms with Crippen LogP contribution in [0.15, 0.2) is 48.8 Å². The second kappa shape index (κ2) is 7.77. The third-order valence-corrected chi connectivity index (χ3v) is 3.75. The molecule has 7 heteroatoms. The topological polar surface area (TPSA) is 45.1 Å². The van der Waals surface area contributed by atoms with E-state index in [0.717, 1.165) is 0 Å². The minimum absolute atomic E-state index is 0.235. The summed E-state index contributed by atoms with van der Waals surface area (Å²) in [6, 6.07) is 7.83. The number of rotatable bonds is 6. The van der Waals surface area contributed by atoms with E-state index in [0.29, 0.717) is 16.1 Å². The van der Waals surface area contributed by atoms with E-state index in [1.165, 1.54) is 24.5 Å². The summed E-state index contributed by atoms with van der Waals surface area (Å²) in [5.74, 6) is 0. The van der Waals surface area contributed by atoms with E-state index in [1.807, 2.05) is 0 Å². The first-order valence-corrected chi connectivity index (χ1v) is 7.37. The normalized spacial score (nSPS) is 14.5. The lowest BCUT2D eigenvalue weighted by Gasteiger charge is -2.23. The Kier molecular flexibility index (Phi) is 5.98. The Bertz CT molecular complexity index is 622. The molecule has 2 aromatic rings. The molecule has 0 saturated carbocycles. The maximum atomic E-state index is 13.2. The highest BCUT2D eigenvalue weighted by molar-refractivity contribution is 6.31. The molecule has 1 heterocycles. The molecule has 0 aliphatic carbocycles. The molecule has 0 spiro atoms. The molecule has 2 atom stereocenters. The summed E-state index contributed by atoms with van der Waals surface area (Å²) >= 11 is 5.94. The van der Waals surface area contributed by atoms with E-state index >= 15 is 0 Å². The third kappa shape index (κ3) is 5.20. The SMILES string of the molecule is OC(CNC(Cc1ccncc1)C(F)(F)F)c1ccccc1Cl. The van der Waals surface area contributed by atoms with Gasteiger partial charge in [0.25, 0.3) is 0 Å². The van der Waals surface area contributed by atoms with Gasteiger partial charge in [0.2, 0.25) is 0 Å². The number of hydrogen-bond acceptors (Lipinski definition) is 3. The van der Waals surface area contributed by atoms with E-state index in [4.69, 9.17) is 11.6 Å². The van der Waals surface area contributed by atoms with Crippen LogP contribution >= 0.6 is 11.6 Å². The van der Waals surface area contributed by atoms with Gasteiger partial charge < -0.3 is 10.4 Å². The Hall–Kier alpha value is -1.63. The van der Waals surface area contributed by atoms with Crippen LogP contribution in [0.2, 0.25) is 5.02 Å². The molecular formula is C16H16ClF3N2O. The second-order valence-electron chi connectivity index (χ2n) is 5.10. The molecule has 0 aliphatic heterocycles. The zero-order valence-electron chi connectivity index (χ0n) is 12.1. The summed E-state index contributed by atoms with van der Waals surface area (Å²) in [5.41, 5.74) is 0.911. The van der Waals surface area contributed by atoms with Crippen LogP contribution < -0.4 is 5.32 Å². The van der Waals surface area contributed by atoms with Crippen molar-refractivity contribution in [3.63, 3.8) is 0 Å². The molecule has 23 heavy (non-hydrogen) atoms. The molecule has 0 fully saturated rings. The van der Waals surface area contributed by atoms with Gasteiger partial charge in [-0.15, -0.1) is 0 Å². The van der Waals surface area contributed by atoms with Gasteiger partial charge in [0.15, 0.2) is 0 Å². The first-order valence-electron chi connectivity index (χ1n) is 6.99. The quantitative estimate of drug-likeness (QED) is 0.842. The van der Waals surface area contributed by atoms with Gasteiger partial charge in [0.1, 0.15) is 6.04 Å². The van der Waals surface area contributed by atoms with E-state index < -0.39 is 18.3 Å². The molecule has 0 saturated heterocycles. The highest BCUT2D eigenvalue weighted by Crippen LogP contribution is 2.25. The first-order chi connectivity index (χ1) is 10.9. The number of halogens is 4. The molecular weight excluding hydrogens is 329 g/mol. The standard InChI is InChI=1S/C16H16ClF3N2O/c17-13-4-2-1-3-12(13)14(23)10-22-15(16(18,19)20)9-11-5-7-21-8-6-11/h1-8,14-15,22-23H,9-10H2. The van der Waals surface area contributed by atoms with Gasteiger partial charge in [-0.3, -0.25) is 4.98 Å². The fourth-order valence-corrected chi connectivity index (χ4v) is 2.43. The number of nitrogens with one attached hydrogen (secondary N) is 1. The van der Waals surface area contributed by atoms with Crippen molar-refractivity contribution in [1.29, 1.82) is 0 Å². The predicted octanol–water partition coefficient (Wildman–Crippen LogP) is 3.53. The molecule has 0 radical (unpaired) electrons. The van der Waals surface area contributed by atoms with Crippen molar-refractivity contribution in [3.05, 3.63) is 64.9 Å². The third-order valence-electron chi connectivity index (χ3n) is 3.41. The molecule has 0 aliphatic rings. The van der Waals surface area contributed by atoms with Crippen molar-refractivity contribution in [2.75, 3.05) is 6.54 Å². The van der Waals surface area contributed by atoms with Crippen LogP contribution in [-0.4, -0.2) is 28.9 Å². The van der Waals surface area contributed by atoms with Gasteiger partial charge in [0.05, 0.1) is 6.10 Å². The zero-order valence-corrected chi connectivity index (χ0v) is 12.8. The summed E-state index contributed by atoms with van der Waals surface area (Å²) in [4.78, 5) is 3.78. The number of hydrogen-bond donors (Lipinski definition) is 2. The van der Waals surface area contributed by atoms with Crippen LogP contribution in [0.5, 0.6) is 0 Å². The Balaban J connectivity index is 2.03. The monoisotopic (exact) mass is 344 g/mol. The van der Waals surface area contributed by atoms with E-state index in [1.54, 1.807) is 24.3 Å². The number of nitrogens with zero attached hydrogens (tertiary/aromatic N) is 1. The highest BCUT2D eigenvalue weighted by Gasteiger charge is 2.39. The maximum Gasteiger partial charge on any atom is 0.404 e. The number of aliphatic hydroxyl groups is 1. The number of aliphatic hydroxyl groups excluding tert-OH is 1.